The molecule has 0 bridgehead atoms. The second-order valence-corrected chi connectivity index (χ2v) is 7.74. The molecule has 0 saturated carbocycles. The van der Waals surface area contributed by atoms with Crippen molar-refractivity contribution in [1.29, 1.82) is 5.26 Å². The molecule has 0 saturated heterocycles. The highest BCUT2D eigenvalue weighted by Gasteiger charge is 2.47. The Bertz CT molecular complexity index is 1200. The highest BCUT2D eigenvalue weighted by atomic mass is 16.5. The van der Waals surface area contributed by atoms with Crippen LogP contribution in [0.1, 0.15) is 39.7 Å². The fourth-order valence-electron chi connectivity index (χ4n) is 4.10. The second-order valence-electron chi connectivity index (χ2n) is 7.74. The van der Waals surface area contributed by atoms with E-state index in [0.717, 1.165) is 22.3 Å². The first-order valence-corrected chi connectivity index (χ1v) is 10.1. The van der Waals surface area contributed by atoms with E-state index in [9.17, 15) is 14.9 Å². The maximum absolute atomic E-state index is 13.3. The van der Waals surface area contributed by atoms with Crippen LogP contribution in [0.25, 0.3) is 11.1 Å². The molecule has 31 heavy (non-hydrogen) atoms. The number of esters is 1. The predicted octanol–water partition coefficient (Wildman–Crippen LogP) is 3.96. The number of nitrogens with one attached hydrogen (secondary N) is 1. The Morgan fingerprint density at radius 1 is 1.16 bits per heavy atom. The lowest BCUT2D eigenvalue weighted by Crippen LogP contribution is -2.56. The van der Waals surface area contributed by atoms with E-state index < -0.39 is 17.4 Å². The van der Waals surface area contributed by atoms with Gasteiger partial charge in [-0.25, -0.2) is 4.79 Å². The van der Waals surface area contributed by atoms with E-state index in [2.05, 4.69) is 11.4 Å². The Labute approximate surface area is 180 Å². The third-order valence-electron chi connectivity index (χ3n) is 5.54. The molecule has 1 unspecified atom stereocenters. The van der Waals surface area contributed by atoms with Gasteiger partial charge in [0.15, 0.2) is 5.76 Å². The van der Waals surface area contributed by atoms with Crippen LogP contribution in [0.15, 0.2) is 59.2 Å². The fraction of sp³-hybridized carbons (Fsp3) is 0.240. The maximum atomic E-state index is 13.3. The van der Waals surface area contributed by atoms with Crippen LogP contribution in [-0.4, -0.2) is 24.0 Å². The quantitative estimate of drug-likeness (QED) is 0.638. The minimum atomic E-state index is -1.25. The van der Waals surface area contributed by atoms with Crippen molar-refractivity contribution >= 4 is 11.9 Å². The summed E-state index contributed by atoms with van der Waals surface area (Å²) in [5, 5.41) is 12.1. The van der Waals surface area contributed by atoms with E-state index in [1.54, 1.807) is 25.1 Å². The SMILES string of the molecule is CCOC(=O)C1(NC(=O)c2occc2-c2cccc(C)c2)Cc2ccc(C#N)cc2C1. The van der Waals surface area contributed by atoms with Gasteiger partial charge in [-0.2, -0.15) is 5.26 Å². The van der Waals surface area contributed by atoms with Gasteiger partial charge in [-0.05, 0) is 48.7 Å². The van der Waals surface area contributed by atoms with Crippen molar-refractivity contribution in [2.75, 3.05) is 6.61 Å². The van der Waals surface area contributed by atoms with E-state index in [1.807, 2.05) is 37.3 Å². The number of carbonyl (C=O) groups excluding carboxylic acids is 2. The Morgan fingerprint density at radius 3 is 2.71 bits per heavy atom. The van der Waals surface area contributed by atoms with E-state index in [0.29, 0.717) is 17.5 Å². The van der Waals surface area contributed by atoms with Gasteiger partial charge >= 0.3 is 5.97 Å². The molecule has 1 N–H and O–H groups in total. The second kappa shape index (κ2) is 8.11. The predicted molar refractivity (Wildman–Crippen MR) is 114 cm³/mol. The van der Waals surface area contributed by atoms with Crippen LogP contribution >= 0.6 is 0 Å². The van der Waals surface area contributed by atoms with Crippen LogP contribution in [0.3, 0.4) is 0 Å². The van der Waals surface area contributed by atoms with Gasteiger partial charge in [-0.3, -0.25) is 4.79 Å². The van der Waals surface area contributed by atoms with Crippen molar-refractivity contribution in [3.63, 3.8) is 0 Å². The number of nitriles is 1. The summed E-state index contributed by atoms with van der Waals surface area (Å²) >= 11 is 0. The molecule has 6 nitrogen and oxygen atoms in total. The number of furan rings is 1. The van der Waals surface area contributed by atoms with Crippen molar-refractivity contribution < 1.29 is 18.7 Å². The summed E-state index contributed by atoms with van der Waals surface area (Å²) in [5.41, 5.74) is 3.60. The van der Waals surface area contributed by atoms with Crippen LogP contribution in [0, 0.1) is 18.3 Å². The summed E-state index contributed by atoms with van der Waals surface area (Å²) in [7, 11) is 0. The highest BCUT2D eigenvalue weighted by Crippen LogP contribution is 2.33. The van der Waals surface area contributed by atoms with Crippen molar-refractivity contribution in [2.45, 2.75) is 32.2 Å². The smallest absolute Gasteiger partial charge is 0.332 e. The maximum Gasteiger partial charge on any atom is 0.332 e. The van der Waals surface area contributed by atoms with Crippen molar-refractivity contribution in [2.24, 2.45) is 0 Å². The number of rotatable bonds is 5. The number of amides is 1. The van der Waals surface area contributed by atoms with Gasteiger partial charge in [-0.15, -0.1) is 0 Å². The lowest BCUT2D eigenvalue weighted by atomic mass is 9.94. The fourth-order valence-corrected chi connectivity index (χ4v) is 4.10. The molecule has 0 fully saturated rings. The minimum absolute atomic E-state index is 0.142. The molecule has 156 valence electrons. The molecule has 4 rings (SSSR count). The van der Waals surface area contributed by atoms with E-state index >= 15 is 0 Å². The minimum Gasteiger partial charge on any atom is -0.464 e. The average Bonchev–Trinajstić information content (AvgIpc) is 3.38. The summed E-state index contributed by atoms with van der Waals surface area (Å²) in [6, 6.07) is 16.9. The molecule has 0 radical (unpaired) electrons. The number of nitrogens with zero attached hydrogens (tertiary/aromatic N) is 1. The van der Waals surface area contributed by atoms with Gasteiger partial charge < -0.3 is 14.5 Å². The molecular weight excluding hydrogens is 392 g/mol. The van der Waals surface area contributed by atoms with Gasteiger partial charge in [0.25, 0.3) is 5.91 Å². The Kier molecular flexibility index (Phi) is 5.35. The summed E-state index contributed by atoms with van der Waals surface area (Å²) in [6.45, 7) is 3.90. The first kappa shape index (κ1) is 20.4. The molecule has 3 aromatic rings. The lowest BCUT2D eigenvalue weighted by Gasteiger charge is -2.27. The standard InChI is InChI=1S/C25H22N2O4/c1-3-30-24(29)25(13-19-8-7-17(15-26)12-20(19)14-25)27-23(28)22-21(9-10-31-22)18-6-4-5-16(2)11-18/h4-12H,3,13-14H2,1-2H3,(H,27,28). The van der Waals surface area contributed by atoms with Gasteiger partial charge in [-0.1, -0.05) is 35.9 Å². The van der Waals surface area contributed by atoms with Crippen LogP contribution < -0.4 is 5.32 Å². The Balaban J connectivity index is 1.67. The van der Waals surface area contributed by atoms with Gasteiger partial charge in [0.05, 0.1) is 24.5 Å². The molecule has 1 aliphatic rings. The molecule has 0 spiro atoms. The van der Waals surface area contributed by atoms with Crippen LogP contribution in [0.4, 0.5) is 0 Å². The topological polar surface area (TPSA) is 92.3 Å². The zero-order valence-electron chi connectivity index (χ0n) is 17.4. The van der Waals surface area contributed by atoms with Crippen molar-refractivity contribution in [1.82, 2.24) is 5.32 Å². The number of hydrogen-bond donors (Lipinski definition) is 1. The van der Waals surface area contributed by atoms with E-state index in [-0.39, 0.29) is 18.8 Å². The van der Waals surface area contributed by atoms with Crippen LogP contribution in [0.5, 0.6) is 0 Å². The number of hydrogen-bond acceptors (Lipinski definition) is 5. The lowest BCUT2D eigenvalue weighted by molar-refractivity contribution is -0.150. The number of ether oxygens (including phenoxy) is 1. The number of aryl methyl sites for hydroxylation is 1. The first-order chi connectivity index (χ1) is 15.0. The highest BCUT2D eigenvalue weighted by molar-refractivity contribution is 6.01. The summed E-state index contributed by atoms with van der Waals surface area (Å²) < 4.78 is 10.8. The zero-order valence-corrected chi connectivity index (χ0v) is 17.4. The molecule has 1 atom stereocenters. The number of fused-ring (bicyclic) bond motifs is 1. The summed E-state index contributed by atoms with van der Waals surface area (Å²) in [5.74, 6) is -0.840. The third-order valence-corrected chi connectivity index (χ3v) is 5.54. The molecule has 2 aromatic carbocycles. The summed E-state index contributed by atoms with van der Waals surface area (Å²) in [4.78, 5) is 26.2. The van der Waals surface area contributed by atoms with Gasteiger partial charge in [0.2, 0.25) is 0 Å². The molecule has 0 aliphatic heterocycles. The zero-order chi connectivity index (χ0) is 22.0. The largest absolute Gasteiger partial charge is 0.464 e. The molecular formula is C25H22N2O4. The molecule has 1 heterocycles. The van der Waals surface area contributed by atoms with E-state index in [4.69, 9.17) is 9.15 Å². The van der Waals surface area contributed by atoms with Crippen LogP contribution in [0.2, 0.25) is 0 Å². The van der Waals surface area contributed by atoms with Crippen molar-refractivity contribution in [3.05, 3.63) is 82.8 Å². The molecule has 1 amide bonds. The third kappa shape index (κ3) is 3.82. The monoisotopic (exact) mass is 414 g/mol. The molecule has 1 aliphatic carbocycles. The van der Waals surface area contributed by atoms with E-state index in [1.165, 1.54) is 6.26 Å². The Hall–Kier alpha value is -3.85. The average molecular weight is 414 g/mol. The van der Waals surface area contributed by atoms with Gasteiger partial charge in [0, 0.05) is 18.4 Å². The van der Waals surface area contributed by atoms with Crippen LogP contribution in [-0.2, 0) is 22.4 Å². The number of benzene rings is 2. The first-order valence-electron chi connectivity index (χ1n) is 10.1. The molecule has 1 aromatic heterocycles. The van der Waals surface area contributed by atoms with Crippen molar-refractivity contribution in [3.8, 4) is 17.2 Å². The Morgan fingerprint density at radius 2 is 1.97 bits per heavy atom. The molecule has 6 heteroatoms. The normalized spacial score (nSPS) is 16.9. The summed E-state index contributed by atoms with van der Waals surface area (Å²) in [6.07, 6.45) is 2.01. The van der Waals surface area contributed by atoms with Gasteiger partial charge in [0.1, 0.15) is 5.54 Å². The number of carbonyl (C=O) groups is 2.